The summed E-state index contributed by atoms with van der Waals surface area (Å²) in [6, 6.07) is 4.15. The molecular formula is C15H23NO3. The van der Waals surface area contributed by atoms with Crippen molar-refractivity contribution in [1.29, 1.82) is 0 Å². The van der Waals surface area contributed by atoms with Crippen molar-refractivity contribution >= 4 is 0 Å². The minimum absolute atomic E-state index is 0.625. The topological polar surface area (TPSA) is 53.7 Å². The van der Waals surface area contributed by atoms with Crippen molar-refractivity contribution in [3.8, 4) is 5.75 Å². The molecule has 0 bridgehead atoms. The minimum atomic E-state index is -0.625. The molecule has 19 heavy (non-hydrogen) atoms. The van der Waals surface area contributed by atoms with Crippen LogP contribution in [0.25, 0.3) is 0 Å². The van der Waals surface area contributed by atoms with Gasteiger partial charge in [0, 0.05) is 12.0 Å². The molecule has 0 aliphatic carbocycles. The van der Waals surface area contributed by atoms with Crippen LogP contribution in [0, 0.1) is 13.8 Å². The van der Waals surface area contributed by atoms with Gasteiger partial charge < -0.3 is 19.9 Å². The van der Waals surface area contributed by atoms with Crippen molar-refractivity contribution < 1.29 is 14.2 Å². The zero-order valence-corrected chi connectivity index (χ0v) is 12.0. The minimum Gasteiger partial charge on any atom is -0.496 e. The molecule has 0 radical (unpaired) electrons. The molecule has 0 atom stereocenters. The summed E-state index contributed by atoms with van der Waals surface area (Å²) in [7, 11) is 1.69. The van der Waals surface area contributed by atoms with Crippen LogP contribution in [0.15, 0.2) is 12.1 Å². The van der Waals surface area contributed by atoms with E-state index < -0.39 is 5.79 Å². The first-order valence-electron chi connectivity index (χ1n) is 6.76. The van der Waals surface area contributed by atoms with Crippen LogP contribution in [0.2, 0.25) is 0 Å². The van der Waals surface area contributed by atoms with Crippen LogP contribution in [0.3, 0.4) is 0 Å². The highest BCUT2D eigenvalue weighted by atomic mass is 16.7. The molecule has 0 spiro atoms. The van der Waals surface area contributed by atoms with Gasteiger partial charge in [-0.2, -0.15) is 0 Å². The second-order valence-electron chi connectivity index (χ2n) is 4.98. The van der Waals surface area contributed by atoms with Gasteiger partial charge in [-0.1, -0.05) is 0 Å². The van der Waals surface area contributed by atoms with Gasteiger partial charge in [-0.25, -0.2) is 0 Å². The van der Waals surface area contributed by atoms with Gasteiger partial charge in [-0.15, -0.1) is 0 Å². The van der Waals surface area contributed by atoms with Crippen LogP contribution < -0.4 is 10.5 Å². The predicted octanol–water partition coefficient (Wildman–Crippen LogP) is 2.25. The first-order valence-corrected chi connectivity index (χ1v) is 6.76. The summed E-state index contributed by atoms with van der Waals surface area (Å²) >= 11 is 0. The van der Waals surface area contributed by atoms with Gasteiger partial charge in [0.25, 0.3) is 0 Å². The fourth-order valence-corrected chi connectivity index (χ4v) is 2.64. The highest BCUT2D eigenvalue weighted by molar-refractivity contribution is 5.43. The van der Waals surface area contributed by atoms with E-state index in [9.17, 15) is 0 Å². The summed E-state index contributed by atoms with van der Waals surface area (Å²) in [5, 5.41) is 0. The molecule has 1 heterocycles. The molecule has 2 rings (SSSR count). The molecule has 1 aromatic carbocycles. The van der Waals surface area contributed by atoms with E-state index in [-0.39, 0.29) is 0 Å². The zero-order chi connectivity index (χ0) is 13.9. The van der Waals surface area contributed by atoms with Crippen molar-refractivity contribution in [2.45, 2.75) is 32.5 Å². The molecule has 0 amide bonds. The Morgan fingerprint density at radius 3 is 2.47 bits per heavy atom. The molecule has 4 heteroatoms. The maximum absolute atomic E-state index is 5.92. The standard InChI is InChI=1S/C15H23NO3/c1-11-10-14(17-3)12(2)9-13(11)15(5-4-6-16)18-7-8-19-15/h9-10H,4-8,16H2,1-3H3. The van der Waals surface area contributed by atoms with Crippen molar-refractivity contribution in [3.05, 3.63) is 28.8 Å². The third-order valence-corrected chi connectivity index (χ3v) is 3.62. The second-order valence-corrected chi connectivity index (χ2v) is 4.98. The fourth-order valence-electron chi connectivity index (χ4n) is 2.64. The zero-order valence-electron chi connectivity index (χ0n) is 12.0. The molecule has 1 aliphatic heterocycles. The Morgan fingerprint density at radius 1 is 1.21 bits per heavy atom. The molecule has 1 aliphatic rings. The van der Waals surface area contributed by atoms with E-state index in [1.165, 1.54) is 0 Å². The molecule has 1 aromatic rings. The van der Waals surface area contributed by atoms with Gasteiger partial charge in [0.2, 0.25) is 0 Å². The first kappa shape index (κ1) is 14.3. The van der Waals surface area contributed by atoms with E-state index in [1.54, 1.807) is 7.11 Å². The summed E-state index contributed by atoms with van der Waals surface area (Å²) < 4.78 is 17.2. The summed E-state index contributed by atoms with van der Waals surface area (Å²) in [4.78, 5) is 0. The van der Waals surface area contributed by atoms with Gasteiger partial charge in [-0.05, 0) is 50.1 Å². The van der Waals surface area contributed by atoms with E-state index in [1.807, 2.05) is 13.0 Å². The monoisotopic (exact) mass is 265 g/mol. The largest absolute Gasteiger partial charge is 0.496 e. The van der Waals surface area contributed by atoms with Crippen molar-refractivity contribution in [1.82, 2.24) is 0 Å². The third kappa shape index (κ3) is 2.76. The first-order chi connectivity index (χ1) is 9.13. The van der Waals surface area contributed by atoms with Gasteiger partial charge in [0.1, 0.15) is 5.75 Å². The molecular weight excluding hydrogens is 242 g/mol. The Morgan fingerprint density at radius 2 is 1.89 bits per heavy atom. The van der Waals surface area contributed by atoms with Crippen LogP contribution in [0.5, 0.6) is 5.75 Å². The Hall–Kier alpha value is -1.10. The van der Waals surface area contributed by atoms with Crippen LogP contribution in [-0.2, 0) is 15.3 Å². The van der Waals surface area contributed by atoms with Crippen molar-refractivity contribution in [2.24, 2.45) is 5.73 Å². The number of methoxy groups -OCH3 is 1. The lowest BCUT2D eigenvalue weighted by molar-refractivity contribution is -0.171. The number of rotatable bonds is 5. The molecule has 0 unspecified atom stereocenters. The number of benzene rings is 1. The number of ether oxygens (including phenoxy) is 3. The molecule has 0 saturated carbocycles. The highest BCUT2D eigenvalue weighted by Gasteiger charge is 2.39. The fraction of sp³-hybridized carbons (Fsp3) is 0.600. The third-order valence-electron chi connectivity index (χ3n) is 3.62. The van der Waals surface area contributed by atoms with Crippen molar-refractivity contribution in [3.63, 3.8) is 0 Å². The SMILES string of the molecule is COc1cc(C)c(C2(CCCN)OCCO2)cc1C. The van der Waals surface area contributed by atoms with Gasteiger partial charge in [-0.3, -0.25) is 0 Å². The van der Waals surface area contributed by atoms with Crippen molar-refractivity contribution in [2.75, 3.05) is 26.9 Å². The Bertz CT molecular complexity index is 439. The Kier molecular flexibility index (Phi) is 4.45. The normalized spacial score (nSPS) is 17.7. The average molecular weight is 265 g/mol. The van der Waals surface area contributed by atoms with Crippen LogP contribution in [0.4, 0.5) is 0 Å². The molecule has 1 saturated heterocycles. The van der Waals surface area contributed by atoms with Crippen LogP contribution >= 0.6 is 0 Å². The number of hydrogen-bond donors (Lipinski definition) is 1. The van der Waals surface area contributed by atoms with Crippen LogP contribution in [-0.4, -0.2) is 26.9 Å². The Labute approximate surface area is 114 Å². The molecule has 1 fully saturated rings. The lowest BCUT2D eigenvalue weighted by Gasteiger charge is -2.30. The number of hydrogen-bond acceptors (Lipinski definition) is 4. The summed E-state index contributed by atoms with van der Waals surface area (Å²) in [6.45, 7) is 6.01. The summed E-state index contributed by atoms with van der Waals surface area (Å²) in [5.41, 5.74) is 8.94. The smallest absolute Gasteiger partial charge is 0.195 e. The predicted molar refractivity (Wildman–Crippen MR) is 74.3 cm³/mol. The quantitative estimate of drug-likeness (QED) is 0.887. The lowest BCUT2D eigenvalue weighted by Crippen LogP contribution is -2.29. The summed E-state index contributed by atoms with van der Waals surface area (Å²) in [5.74, 6) is 0.272. The van der Waals surface area contributed by atoms with Gasteiger partial charge in [0.05, 0.1) is 20.3 Å². The number of nitrogens with two attached hydrogens (primary N) is 1. The van der Waals surface area contributed by atoms with E-state index in [4.69, 9.17) is 19.9 Å². The lowest BCUT2D eigenvalue weighted by atomic mass is 9.94. The molecule has 106 valence electrons. The average Bonchev–Trinajstić information content (AvgIpc) is 2.88. The molecule has 4 nitrogen and oxygen atoms in total. The highest BCUT2D eigenvalue weighted by Crippen LogP contribution is 2.39. The Balaban J connectivity index is 2.39. The van der Waals surface area contributed by atoms with E-state index in [0.717, 1.165) is 35.3 Å². The van der Waals surface area contributed by atoms with E-state index in [0.29, 0.717) is 19.8 Å². The van der Waals surface area contributed by atoms with E-state index in [2.05, 4.69) is 13.0 Å². The maximum Gasteiger partial charge on any atom is 0.195 e. The summed E-state index contributed by atoms with van der Waals surface area (Å²) in [6.07, 6.45) is 1.67. The number of aryl methyl sites for hydroxylation is 2. The van der Waals surface area contributed by atoms with Crippen LogP contribution in [0.1, 0.15) is 29.5 Å². The molecule has 0 aromatic heterocycles. The molecule has 2 N–H and O–H groups in total. The van der Waals surface area contributed by atoms with Gasteiger partial charge >= 0.3 is 0 Å². The van der Waals surface area contributed by atoms with Gasteiger partial charge in [0.15, 0.2) is 5.79 Å². The maximum atomic E-state index is 5.92. The second kappa shape index (κ2) is 5.90. The van der Waals surface area contributed by atoms with E-state index >= 15 is 0 Å².